The largest absolute Gasteiger partial charge is 0.457 e. The van der Waals surface area contributed by atoms with Gasteiger partial charge in [-0.15, -0.1) is 0 Å². The van der Waals surface area contributed by atoms with Crippen molar-refractivity contribution in [1.82, 2.24) is 4.90 Å². The average molecular weight is 404 g/mol. The summed E-state index contributed by atoms with van der Waals surface area (Å²) < 4.78 is 18.9. The Labute approximate surface area is 174 Å². The molecule has 6 heteroatoms. The Hall–Kier alpha value is -3.67. The van der Waals surface area contributed by atoms with E-state index in [4.69, 9.17) is 4.74 Å². The van der Waals surface area contributed by atoms with Crippen LogP contribution in [0, 0.1) is 5.82 Å². The number of halogens is 1. The highest BCUT2D eigenvalue weighted by Gasteiger charge is 2.35. The lowest BCUT2D eigenvalue weighted by atomic mass is 10.1. The van der Waals surface area contributed by atoms with Gasteiger partial charge in [-0.05, 0) is 67.6 Å². The lowest BCUT2D eigenvalue weighted by Crippen LogP contribution is -2.57. The van der Waals surface area contributed by atoms with Crippen LogP contribution in [-0.2, 0) is 4.79 Å². The van der Waals surface area contributed by atoms with Gasteiger partial charge in [0.25, 0.3) is 5.91 Å². The third-order valence-corrected chi connectivity index (χ3v) is 5.13. The molecule has 0 spiro atoms. The van der Waals surface area contributed by atoms with Crippen LogP contribution in [0.3, 0.4) is 0 Å². The van der Waals surface area contributed by atoms with Crippen molar-refractivity contribution in [3.05, 3.63) is 90.2 Å². The molecular formula is C24H21FN2O3. The molecule has 1 fully saturated rings. The highest BCUT2D eigenvalue weighted by molar-refractivity contribution is 6.03. The molecule has 1 aliphatic heterocycles. The molecule has 0 aliphatic carbocycles. The minimum Gasteiger partial charge on any atom is -0.457 e. The van der Waals surface area contributed by atoms with Crippen LogP contribution < -0.4 is 9.64 Å². The molecule has 3 aromatic carbocycles. The molecule has 0 aromatic heterocycles. The van der Waals surface area contributed by atoms with E-state index < -0.39 is 11.9 Å². The Bertz CT molecular complexity index is 1040. The van der Waals surface area contributed by atoms with E-state index in [2.05, 4.69) is 0 Å². The lowest BCUT2D eigenvalue weighted by molar-refractivity contribution is -0.124. The second kappa shape index (κ2) is 8.37. The van der Waals surface area contributed by atoms with Gasteiger partial charge in [0.15, 0.2) is 0 Å². The number of amides is 2. The highest BCUT2D eigenvalue weighted by atomic mass is 19.1. The smallest absolute Gasteiger partial charge is 0.254 e. The minimum absolute atomic E-state index is 0.159. The van der Waals surface area contributed by atoms with Gasteiger partial charge in [0.05, 0.1) is 0 Å². The molecule has 1 heterocycles. The molecule has 1 saturated heterocycles. The fourth-order valence-electron chi connectivity index (χ4n) is 3.48. The molecule has 0 saturated carbocycles. The molecule has 1 atom stereocenters. The molecular weight excluding hydrogens is 383 g/mol. The maximum atomic E-state index is 13.1. The van der Waals surface area contributed by atoms with E-state index >= 15 is 0 Å². The van der Waals surface area contributed by atoms with Crippen LogP contribution in [0.1, 0.15) is 17.3 Å². The zero-order valence-corrected chi connectivity index (χ0v) is 16.5. The zero-order chi connectivity index (χ0) is 21.1. The van der Waals surface area contributed by atoms with Gasteiger partial charge in [-0.1, -0.05) is 18.2 Å². The van der Waals surface area contributed by atoms with Crippen molar-refractivity contribution in [2.45, 2.75) is 13.0 Å². The number of para-hydroxylation sites is 1. The topological polar surface area (TPSA) is 49.9 Å². The second-order valence-electron chi connectivity index (χ2n) is 7.08. The number of benzene rings is 3. The number of rotatable bonds is 4. The summed E-state index contributed by atoms with van der Waals surface area (Å²) in [6.45, 7) is 2.49. The maximum Gasteiger partial charge on any atom is 0.254 e. The van der Waals surface area contributed by atoms with E-state index in [1.54, 1.807) is 11.8 Å². The van der Waals surface area contributed by atoms with Gasteiger partial charge in [0, 0.05) is 24.3 Å². The van der Waals surface area contributed by atoms with Crippen molar-refractivity contribution in [2.24, 2.45) is 0 Å². The lowest BCUT2D eigenvalue weighted by Gasteiger charge is -2.39. The molecule has 0 N–H and O–H groups in total. The van der Waals surface area contributed by atoms with E-state index in [0.29, 0.717) is 24.4 Å². The third-order valence-electron chi connectivity index (χ3n) is 5.13. The first-order valence-corrected chi connectivity index (χ1v) is 9.74. The molecule has 0 unspecified atom stereocenters. The Balaban J connectivity index is 1.45. The van der Waals surface area contributed by atoms with Crippen LogP contribution in [0.15, 0.2) is 78.9 Å². The monoisotopic (exact) mass is 404 g/mol. The summed E-state index contributed by atoms with van der Waals surface area (Å²) in [5, 5.41) is 0. The van der Waals surface area contributed by atoms with Gasteiger partial charge in [-0.25, -0.2) is 4.39 Å². The van der Waals surface area contributed by atoms with Crippen molar-refractivity contribution in [3.8, 4) is 11.5 Å². The Morgan fingerprint density at radius 3 is 2.20 bits per heavy atom. The molecule has 4 rings (SSSR count). The first-order valence-electron chi connectivity index (χ1n) is 9.74. The number of hydrogen-bond donors (Lipinski definition) is 0. The van der Waals surface area contributed by atoms with Gasteiger partial charge in [0.2, 0.25) is 5.91 Å². The molecule has 2 amide bonds. The molecule has 30 heavy (non-hydrogen) atoms. The fourth-order valence-corrected chi connectivity index (χ4v) is 3.48. The van der Waals surface area contributed by atoms with Crippen LogP contribution in [0.4, 0.5) is 10.1 Å². The van der Waals surface area contributed by atoms with Crippen LogP contribution in [0.25, 0.3) is 0 Å². The molecule has 1 aliphatic rings. The highest BCUT2D eigenvalue weighted by Crippen LogP contribution is 2.26. The predicted octanol–water partition coefficient (Wildman–Crippen LogP) is 4.50. The van der Waals surface area contributed by atoms with Gasteiger partial charge in [-0.3, -0.25) is 9.59 Å². The number of nitrogens with zero attached hydrogens (tertiary/aromatic N) is 2. The number of carbonyl (C=O) groups excluding carboxylic acids is 2. The normalized spacial score (nSPS) is 16.5. The summed E-state index contributed by atoms with van der Waals surface area (Å²) in [7, 11) is 0. The Morgan fingerprint density at radius 1 is 0.900 bits per heavy atom. The van der Waals surface area contributed by atoms with E-state index in [-0.39, 0.29) is 11.8 Å². The zero-order valence-electron chi connectivity index (χ0n) is 16.5. The van der Waals surface area contributed by atoms with Gasteiger partial charge >= 0.3 is 0 Å². The molecule has 0 radical (unpaired) electrons. The van der Waals surface area contributed by atoms with Crippen molar-refractivity contribution in [2.75, 3.05) is 18.0 Å². The van der Waals surface area contributed by atoms with E-state index in [0.717, 1.165) is 11.4 Å². The van der Waals surface area contributed by atoms with Gasteiger partial charge in [0.1, 0.15) is 23.4 Å². The predicted molar refractivity (Wildman–Crippen MR) is 112 cm³/mol. The molecule has 3 aromatic rings. The van der Waals surface area contributed by atoms with Crippen LogP contribution >= 0.6 is 0 Å². The summed E-state index contributed by atoms with van der Waals surface area (Å²) in [5.74, 6) is 0.578. The number of piperazine rings is 1. The summed E-state index contributed by atoms with van der Waals surface area (Å²) >= 11 is 0. The maximum absolute atomic E-state index is 13.1. The minimum atomic E-state index is -0.614. The first kappa shape index (κ1) is 19.6. The number of ether oxygens (including phenoxy) is 1. The quantitative estimate of drug-likeness (QED) is 0.644. The van der Waals surface area contributed by atoms with Crippen molar-refractivity contribution in [3.63, 3.8) is 0 Å². The van der Waals surface area contributed by atoms with Gasteiger partial charge in [-0.2, -0.15) is 0 Å². The van der Waals surface area contributed by atoms with E-state index in [9.17, 15) is 14.0 Å². The Kier molecular flexibility index (Phi) is 5.48. The van der Waals surface area contributed by atoms with Crippen molar-refractivity contribution < 1.29 is 18.7 Å². The number of carbonyl (C=O) groups is 2. The summed E-state index contributed by atoms with van der Waals surface area (Å²) in [6, 6.07) is 21.5. The fraction of sp³-hybridized carbons (Fsp3) is 0.167. The standard InChI is InChI=1S/C24H21FN2O3/c1-17-23(28)27(16-15-26(17)24(29)18-7-9-19(25)10-8-18)20-11-13-22(14-12-20)30-21-5-3-2-4-6-21/h2-14,17H,15-16H2,1H3/t17-/m1/s1. The summed E-state index contributed by atoms with van der Waals surface area (Å²) in [4.78, 5) is 28.9. The first-order chi connectivity index (χ1) is 14.5. The van der Waals surface area contributed by atoms with E-state index in [1.165, 1.54) is 29.2 Å². The van der Waals surface area contributed by atoms with E-state index in [1.807, 2.05) is 54.6 Å². The molecule has 5 nitrogen and oxygen atoms in total. The molecule has 152 valence electrons. The number of hydrogen-bond acceptors (Lipinski definition) is 3. The third kappa shape index (κ3) is 4.03. The van der Waals surface area contributed by atoms with Gasteiger partial charge < -0.3 is 14.5 Å². The van der Waals surface area contributed by atoms with Crippen LogP contribution in [-0.4, -0.2) is 35.8 Å². The number of anilines is 1. The molecule has 0 bridgehead atoms. The second-order valence-corrected chi connectivity index (χ2v) is 7.08. The van der Waals surface area contributed by atoms with Crippen molar-refractivity contribution >= 4 is 17.5 Å². The van der Waals surface area contributed by atoms with Crippen LogP contribution in [0.5, 0.6) is 11.5 Å². The SMILES string of the molecule is C[C@@H]1C(=O)N(c2ccc(Oc3ccccc3)cc2)CCN1C(=O)c1ccc(F)cc1. The van der Waals surface area contributed by atoms with Crippen molar-refractivity contribution in [1.29, 1.82) is 0 Å². The Morgan fingerprint density at radius 2 is 1.53 bits per heavy atom. The summed E-state index contributed by atoms with van der Waals surface area (Å²) in [5.41, 5.74) is 1.12. The summed E-state index contributed by atoms with van der Waals surface area (Å²) in [6.07, 6.45) is 0. The van der Waals surface area contributed by atoms with Crippen LogP contribution in [0.2, 0.25) is 0 Å². The average Bonchev–Trinajstić information content (AvgIpc) is 2.77.